The van der Waals surface area contributed by atoms with Gasteiger partial charge in [0, 0.05) is 10.6 Å². The molecule has 0 fully saturated rings. The van der Waals surface area contributed by atoms with Crippen LogP contribution >= 0.6 is 27.7 Å². The maximum atomic E-state index is 13.4. The number of ether oxygens (including phenoxy) is 1. The van der Waals surface area contributed by atoms with Crippen molar-refractivity contribution in [3.63, 3.8) is 0 Å². The summed E-state index contributed by atoms with van der Waals surface area (Å²) in [6, 6.07) is 19.5. The predicted octanol–water partition coefficient (Wildman–Crippen LogP) is 6.47. The lowest BCUT2D eigenvalue weighted by Crippen LogP contribution is -2.11. The van der Waals surface area contributed by atoms with Crippen LogP contribution in [0.4, 0.5) is 4.39 Å². The van der Waals surface area contributed by atoms with E-state index in [-0.39, 0.29) is 23.9 Å². The number of aryl methyl sites for hydroxylation is 2. The van der Waals surface area contributed by atoms with Crippen LogP contribution in [0.15, 0.2) is 76.4 Å². The van der Waals surface area contributed by atoms with Crippen LogP contribution in [0.25, 0.3) is 5.69 Å². The number of nitro groups is 1. The smallest absolute Gasteiger partial charge is 0.220 e. The molecule has 0 N–H and O–H groups in total. The molecule has 1 heterocycles. The summed E-state index contributed by atoms with van der Waals surface area (Å²) in [6.45, 7) is 3.76. The van der Waals surface area contributed by atoms with Crippen molar-refractivity contribution in [2.75, 3.05) is 6.54 Å². The molecule has 10 heteroatoms. The van der Waals surface area contributed by atoms with Gasteiger partial charge in [0.05, 0.1) is 4.47 Å². The average Bonchev–Trinajstić information content (AvgIpc) is 3.18. The molecule has 0 aliphatic heterocycles. The monoisotopic (exact) mass is 556 g/mol. The zero-order valence-corrected chi connectivity index (χ0v) is 21.4. The standard InChI is InChI=1S/C25H22BrFN4O3S/c1-16-6-9-21(10-7-16)31-17(2)28-29-25(31)35-24(14-30(32)33)19-8-11-23(22(26)13-19)34-15-18-4-3-5-20(27)12-18/h3-13,24H,14-15H2,1-2H3/t24-/m0/s1. The molecule has 0 amide bonds. The molecule has 0 saturated carbocycles. The molecule has 7 nitrogen and oxygen atoms in total. The molecule has 180 valence electrons. The van der Waals surface area contributed by atoms with E-state index in [2.05, 4.69) is 26.1 Å². The lowest BCUT2D eigenvalue weighted by atomic mass is 10.1. The normalized spacial score (nSPS) is 11.9. The maximum absolute atomic E-state index is 13.4. The molecule has 35 heavy (non-hydrogen) atoms. The summed E-state index contributed by atoms with van der Waals surface area (Å²) in [6.07, 6.45) is 0. The first-order valence-corrected chi connectivity index (χ1v) is 12.4. The van der Waals surface area contributed by atoms with Gasteiger partial charge in [-0.3, -0.25) is 14.7 Å². The minimum absolute atomic E-state index is 0.196. The highest BCUT2D eigenvalue weighted by molar-refractivity contribution is 9.10. The van der Waals surface area contributed by atoms with Gasteiger partial charge in [-0.2, -0.15) is 0 Å². The summed E-state index contributed by atoms with van der Waals surface area (Å²) < 4.78 is 21.8. The first-order valence-electron chi connectivity index (χ1n) is 10.7. The maximum Gasteiger partial charge on any atom is 0.220 e. The lowest BCUT2D eigenvalue weighted by molar-refractivity contribution is -0.479. The second kappa shape index (κ2) is 11.0. The Morgan fingerprint density at radius 3 is 2.57 bits per heavy atom. The molecule has 0 saturated heterocycles. The molecule has 0 aliphatic carbocycles. The van der Waals surface area contributed by atoms with E-state index in [4.69, 9.17) is 4.74 Å². The van der Waals surface area contributed by atoms with Crippen LogP contribution in [0.1, 0.15) is 27.8 Å². The third-order valence-corrected chi connectivity index (χ3v) is 7.06. The van der Waals surface area contributed by atoms with Gasteiger partial charge in [0.25, 0.3) is 0 Å². The van der Waals surface area contributed by atoms with E-state index >= 15 is 0 Å². The van der Waals surface area contributed by atoms with Crippen molar-refractivity contribution in [2.24, 2.45) is 0 Å². The zero-order valence-electron chi connectivity index (χ0n) is 19.0. The SMILES string of the molecule is Cc1ccc(-n2c(C)nnc2S[C@@H](C[N+](=O)[O-])c2ccc(OCc3cccc(F)c3)c(Br)c2)cc1. The van der Waals surface area contributed by atoms with Crippen LogP contribution in [0, 0.1) is 29.8 Å². The molecule has 1 aromatic heterocycles. The predicted molar refractivity (Wildman–Crippen MR) is 136 cm³/mol. The summed E-state index contributed by atoms with van der Waals surface area (Å²) >= 11 is 4.79. The van der Waals surface area contributed by atoms with Crippen molar-refractivity contribution in [3.8, 4) is 11.4 Å². The largest absolute Gasteiger partial charge is 0.488 e. The number of rotatable bonds is 9. The van der Waals surface area contributed by atoms with Crippen molar-refractivity contribution < 1.29 is 14.1 Å². The topological polar surface area (TPSA) is 83.1 Å². The van der Waals surface area contributed by atoms with Gasteiger partial charge in [0.2, 0.25) is 6.54 Å². The summed E-state index contributed by atoms with van der Waals surface area (Å²) in [5.74, 6) is 0.925. The van der Waals surface area contributed by atoms with E-state index in [1.54, 1.807) is 24.3 Å². The van der Waals surface area contributed by atoms with Crippen molar-refractivity contribution >= 4 is 27.7 Å². The Labute approximate surface area is 214 Å². The highest BCUT2D eigenvalue weighted by atomic mass is 79.9. The van der Waals surface area contributed by atoms with Gasteiger partial charge in [-0.15, -0.1) is 10.2 Å². The highest BCUT2D eigenvalue weighted by Gasteiger charge is 2.24. The summed E-state index contributed by atoms with van der Waals surface area (Å²) in [4.78, 5) is 11.2. The first kappa shape index (κ1) is 24.9. The van der Waals surface area contributed by atoms with E-state index in [0.29, 0.717) is 26.8 Å². The Morgan fingerprint density at radius 2 is 1.89 bits per heavy atom. The quantitative estimate of drug-likeness (QED) is 0.133. The van der Waals surface area contributed by atoms with Crippen molar-refractivity contribution in [1.82, 2.24) is 14.8 Å². The van der Waals surface area contributed by atoms with Crippen LogP contribution in [-0.4, -0.2) is 26.2 Å². The highest BCUT2D eigenvalue weighted by Crippen LogP contribution is 2.38. The third kappa shape index (κ3) is 6.26. The zero-order chi connectivity index (χ0) is 24.9. The number of thioether (sulfide) groups is 1. The van der Waals surface area contributed by atoms with E-state index in [9.17, 15) is 14.5 Å². The summed E-state index contributed by atoms with van der Waals surface area (Å²) in [5.41, 5.74) is 3.47. The molecular weight excluding hydrogens is 535 g/mol. The van der Waals surface area contributed by atoms with Crippen LogP contribution in [0.2, 0.25) is 0 Å². The Morgan fingerprint density at radius 1 is 1.11 bits per heavy atom. The van der Waals surface area contributed by atoms with Gasteiger partial charge in [-0.05, 0) is 77.3 Å². The van der Waals surface area contributed by atoms with Gasteiger partial charge in [0.1, 0.15) is 29.2 Å². The van der Waals surface area contributed by atoms with Crippen molar-refractivity contribution in [1.29, 1.82) is 0 Å². The van der Waals surface area contributed by atoms with Gasteiger partial charge in [-0.25, -0.2) is 4.39 Å². The number of nitrogens with zero attached hydrogens (tertiary/aromatic N) is 4. The van der Waals surface area contributed by atoms with Gasteiger partial charge in [-0.1, -0.05) is 47.7 Å². The Bertz CT molecular complexity index is 1350. The summed E-state index contributed by atoms with van der Waals surface area (Å²) in [5, 5.41) is 20.0. The molecule has 4 rings (SSSR count). The Balaban J connectivity index is 1.57. The molecule has 0 radical (unpaired) electrons. The average molecular weight is 557 g/mol. The second-order valence-electron chi connectivity index (χ2n) is 7.93. The molecule has 0 unspecified atom stereocenters. The van der Waals surface area contributed by atoms with Crippen LogP contribution in [-0.2, 0) is 6.61 Å². The molecule has 0 bridgehead atoms. The van der Waals surface area contributed by atoms with Gasteiger partial charge in [0.15, 0.2) is 5.16 Å². The fraction of sp³-hybridized carbons (Fsp3) is 0.200. The van der Waals surface area contributed by atoms with Crippen LogP contribution in [0.3, 0.4) is 0 Å². The number of hydrogen-bond donors (Lipinski definition) is 0. The minimum atomic E-state index is -0.508. The number of benzene rings is 3. The fourth-order valence-corrected chi connectivity index (χ4v) is 5.18. The lowest BCUT2D eigenvalue weighted by Gasteiger charge is -2.16. The van der Waals surface area contributed by atoms with Crippen LogP contribution in [0.5, 0.6) is 5.75 Å². The Kier molecular flexibility index (Phi) is 7.82. The molecule has 0 spiro atoms. The van der Waals surface area contributed by atoms with Gasteiger partial charge >= 0.3 is 0 Å². The molecule has 3 aromatic carbocycles. The summed E-state index contributed by atoms with van der Waals surface area (Å²) in [7, 11) is 0. The van der Waals surface area contributed by atoms with Crippen LogP contribution < -0.4 is 4.74 Å². The molecule has 0 aliphatic rings. The number of halogens is 2. The van der Waals surface area contributed by atoms with E-state index in [0.717, 1.165) is 16.8 Å². The second-order valence-corrected chi connectivity index (χ2v) is 9.96. The molecule has 1 atom stereocenters. The van der Waals surface area contributed by atoms with E-state index < -0.39 is 5.25 Å². The van der Waals surface area contributed by atoms with E-state index in [1.807, 2.05) is 48.7 Å². The van der Waals surface area contributed by atoms with E-state index in [1.165, 1.54) is 23.9 Å². The third-order valence-electron chi connectivity index (χ3n) is 5.26. The van der Waals surface area contributed by atoms with Crippen molar-refractivity contribution in [3.05, 3.63) is 110 Å². The molecular formula is C25H22BrFN4O3S. The Hall–Kier alpha value is -3.24. The first-order chi connectivity index (χ1) is 16.8. The number of hydrogen-bond acceptors (Lipinski definition) is 6. The molecule has 4 aromatic rings. The minimum Gasteiger partial charge on any atom is -0.488 e. The van der Waals surface area contributed by atoms with Crippen molar-refractivity contribution in [2.45, 2.75) is 30.9 Å². The van der Waals surface area contributed by atoms with Gasteiger partial charge < -0.3 is 4.74 Å². The fourth-order valence-electron chi connectivity index (χ4n) is 3.51. The number of aromatic nitrogens is 3.